The molecule has 12 heteroatoms. The zero-order valence-electron chi connectivity index (χ0n) is 15.4. The molecule has 154 valence electrons. The number of aromatic amines is 1. The molecule has 0 radical (unpaired) electrons. The maximum atomic E-state index is 15.0. The number of aromatic nitrogens is 2. The number of hydrogen-bond donors (Lipinski definition) is 2. The van der Waals surface area contributed by atoms with Crippen molar-refractivity contribution in [3.63, 3.8) is 0 Å². The minimum Gasteiger partial charge on any atom is -0.388 e. The Morgan fingerprint density at radius 3 is 2.45 bits per heavy atom. The Bertz CT molecular complexity index is 1250. The summed E-state index contributed by atoms with van der Waals surface area (Å²) >= 11 is 2.11. The van der Waals surface area contributed by atoms with Gasteiger partial charge in [0.25, 0.3) is 5.89 Å². The van der Waals surface area contributed by atoms with Crippen molar-refractivity contribution in [2.75, 3.05) is 19.4 Å². The van der Waals surface area contributed by atoms with Crippen LogP contribution < -0.4 is 11.1 Å². The molecule has 0 spiro atoms. The van der Waals surface area contributed by atoms with Crippen LogP contribution in [-0.4, -0.2) is 37.0 Å². The number of anilines is 2. The third-order valence-electron chi connectivity index (χ3n) is 4.05. The van der Waals surface area contributed by atoms with Crippen molar-refractivity contribution in [1.29, 1.82) is 0 Å². The molecule has 0 unspecified atom stereocenters. The number of H-pyrrole nitrogens is 1. The van der Waals surface area contributed by atoms with Gasteiger partial charge in [-0.3, -0.25) is 0 Å². The van der Waals surface area contributed by atoms with E-state index >= 15 is 4.39 Å². The van der Waals surface area contributed by atoms with Crippen LogP contribution in [0.5, 0.6) is 0 Å². The molecule has 2 N–H and O–H groups in total. The highest BCUT2D eigenvalue weighted by molar-refractivity contribution is 14.1. The van der Waals surface area contributed by atoms with Crippen LogP contribution in [0.15, 0.2) is 38.4 Å². The Hall–Kier alpha value is -2.32. The lowest BCUT2D eigenvalue weighted by atomic mass is 10.1. The van der Waals surface area contributed by atoms with Gasteiger partial charge in [0.15, 0.2) is 11.6 Å². The van der Waals surface area contributed by atoms with E-state index in [2.05, 4.69) is 33.0 Å². The number of rotatable bonds is 5. The van der Waals surface area contributed by atoms with Crippen LogP contribution in [0.25, 0.3) is 11.5 Å². The summed E-state index contributed by atoms with van der Waals surface area (Å²) in [6.45, 7) is 1.76. The van der Waals surface area contributed by atoms with Gasteiger partial charge in [-0.15, -0.1) is 5.10 Å². The molecule has 0 bridgehead atoms. The van der Waals surface area contributed by atoms with Crippen molar-refractivity contribution in [2.45, 2.75) is 11.8 Å². The fourth-order valence-corrected chi connectivity index (χ4v) is 4.15. The molecule has 2 aromatic carbocycles. The Labute approximate surface area is 178 Å². The van der Waals surface area contributed by atoms with E-state index in [0.717, 1.165) is 19.5 Å². The monoisotopic (exact) mass is 536 g/mol. The number of nitrogens with one attached hydrogen (secondary N) is 2. The Morgan fingerprint density at radius 1 is 1.21 bits per heavy atom. The van der Waals surface area contributed by atoms with E-state index in [4.69, 9.17) is 4.42 Å². The standard InChI is InChI=1S/C17H15F2IN4O4S/c1-8-6-9(20)4-5-11(8)21-15-10(16-22-23-17(25)28-16)7-12(13(18)14(15)19)29(26,27)24(2)3/h4-7,21H,1-3H3,(H,23,25). The molecule has 0 aliphatic heterocycles. The first-order chi connectivity index (χ1) is 13.5. The zero-order chi connectivity index (χ0) is 21.5. The van der Waals surface area contributed by atoms with Crippen LogP contribution in [0.4, 0.5) is 20.2 Å². The van der Waals surface area contributed by atoms with E-state index in [-0.39, 0.29) is 5.56 Å². The molecule has 0 atom stereocenters. The van der Waals surface area contributed by atoms with Gasteiger partial charge >= 0.3 is 5.76 Å². The van der Waals surface area contributed by atoms with Gasteiger partial charge in [0.05, 0.1) is 11.3 Å². The Balaban J connectivity index is 2.29. The third kappa shape index (κ3) is 4.04. The molecular weight excluding hydrogens is 521 g/mol. The van der Waals surface area contributed by atoms with E-state index < -0.39 is 43.9 Å². The van der Waals surface area contributed by atoms with Crippen LogP contribution in [0.2, 0.25) is 0 Å². The number of aryl methyl sites for hydroxylation is 1. The van der Waals surface area contributed by atoms with Gasteiger partial charge in [-0.05, 0) is 59.3 Å². The minimum atomic E-state index is -4.33. The minimum absolute atomic E-state index is 0.236. The van der Waals surface area contributed by atoms with Crippen molar-refractivity contribution < 1.29 is 21.6 Å². The summed E-state index contributed by atoms with van der Waals surface area (Å²) in [4.78, 5) is 10.5. The van der Waals surface area contributed by atoms with Crippen LogP contribution in [0, 0.1) is 22.1 Å². The first-order valence-electron chi connectivity index (χ1n) is 8.06. The summed E-state index contributed by atoms with van der Waals surface area (Å²) in [5.41, 5.74) is 0.530. The highest BCUT2D eigenvalue weighted by atomic mass is 127. The number of halogens is 3. The molecule has 0 amide bonds. The summed E-state index contributed by atoms with van der Waals surface area (Å²) in [5.74, 6) is -4.34. The maximum absolute atomic E-state index is 15.0. The van der Waals surface area contributed by atoms with Gasteiger partial charge in [-0.1, -0.05) is 0 Å². The van der Waals surface area contributed by atoms with E-state index in [9.17, 15) is 17.6 Å². The number of nitrogens with zero attached hydrogens (tertiary/aromatic N) is 2. The summed E-state index contributed by atoms with van der Waals surface area (Å²) < 4.78 is 61.2. The second kappa shape index (κ2) is 7.84. The number of sulfonamides is 1. The van der Waals surface area contributed by atoms with E-state index in [1.807, 2.05) is 11.2 Å². The quantitative estimate of drug-likeness (QED) is 0.485. The molecule has 0 aliphatic rings. The lowest BCUT2D eigenvalue weighted by molar-refractivity contribution is 0.472. The van der Waals surface area contributed by atoms with Crippen LogP contribution in [0.3, 0.4) is 0 Å². The molecule has 29 heavy (non-hydrogen) atoms. The molecular formula is C17H15F2IN4O4S. The van der Waals surface area contributed by atoms with Crippen molar-refractivity contribution >= 4 is 44.0 Å². The number of hydrogen-bond acceptors (Lipinski definition) is 6. The van der Waals surface area contributed by atoms with Crippen molar-refractivity contribution in [3.05, 3.63) is 55.6 Å². The third-order valence-corrected chi connectivity index (χ3v) is 6.53. The maximum Gasteiger partial charge on any atom is 0.434 e. The van der Waals surface area contributed by atoms with Crippen LogP contribution in [0.1, 0.15) is 5.56 Å². The predicted octanol–water partition coefficient (Wildman–Crippen LogP) is 3.22. The fraction of sp³-hybridized carbons (Fsp3) is 0.176. The lowest BCUT2D eigenvalue weighted by Gasteiger charge is -2.18. The van der Waals surface area contributed by atoms with Gasteiger partial charge < -0.3 is 9.73 Å². The van der Waals surface area contributed by atoms with Crippen molar-refractivity contribution in [1.82, 2.24) is 14.5 Å². The van der Waals surface area contributed by atoms with Crippen LogP contribution in [-0.2, 0) is 10.0 Å². The molecule has 0 saturated carbocycles. The summed E-state index contributed by atoms with van der Waals surface area (Å²) in [6.07, 6.45) is 0. The largest absolute Gasteiger partial charge is 0.434 e. The summed E-state index contributed by atoms with van der Waals surface area (Å²) in [7, 11) is -1.96. The van der Waals surface area contributed by atoms with Crippen molar-refractivity contribution in [2.24, 2.45) is 0 Å². The molecule has 3 rings (SSSR count). The molecule has 3 aromatic rings. The first-order valence-corrected chi connectivity index (χ1v) is 10.6. The fourth-order valence-electron chi connectivity index (χ4n) is 2.53. The van der Waals surface area contributed by atoms with E-state index in [0.29, 0.717) is 5.69 Å². The van der Waals surface area contributed by atoms with E-state index in [1.54, 1.807) is 19.1 Å². The van der Waals surface area contributed by atoms with Gasteiger partial charge in [-0.25, -0.2) is 31.4 Å². The SMILES string of the molecule is Cc1cc(I)ccc1Nc1c(-c2n[nH]c(=O)o2)cc(S(=O)(=O)N(C)C)c(F)c1F. The van der Waals surface area contributed by atoms with Gasteiger partial charge in [-0.2, -0.15) is 0 Å². The molecule has 1 heterocycles. The van der Waals surface area contributed by atoms with Gasteiger partial charge in [0, 0.05) is 23.4 Å². The highest BCUT2D eigenvalue weighted by Gasteiger charge is 2.30. The Kier molecular flexibility index (Phi) is 5.78. The second-order valence-corrected chi connectivity index (χ2v) is 9.58. The zero-order valence-corrected chi connectivity index (χ0v) is 18.4. The Morgan fingerprint density at radius 2 is 1.90 bits per heavy atom. The topological polar surface area (TPSA) is 108 Å². The molecule has 1 aromatic heterocycles. The second-order valence-electron chi connectivity index (χ2n) is 6.22. The lowest BCUT2D eigenvalue weighted by Crippen LogP contribution is -2.24. The van der Waals surface area contributed by atoms with E-state index in [1.165, 1.54) is 14.1 Å². The predicted molar refractivity (Wildman–Crippen MR) is 111 cm³/mol. The molecule has 0 saturated heterocycles. The summed E-state index contributed by atoms with van der Waals surface area (Å²) in [5, 5.41) is 8.39. The highest BCUT2D eigenvalue weighted by Crippen LogP contribution is 2.37. The smallest absolute Gasteiger partial charge is 0.388 e. The average molecular weight is 536 g/mol. The molecule has 0 fully saturated rings. The molecule has 0 aliphatic carbocycles. The van der Waals surface area contributed by atoms with Crippen molar-refractivity contribution in [3.8, 4) is 11.5 Å². The van der Waals surface area contributed by atoms with Gasteiger partial charge in [0.2, 0.25) is 10.0 Å². The average Bonchev–Trinajstić information content (AvgIpc) is 3.07. The summed E-state index contributed by atoms with van der Waals surface area (Å²) in [6, 6.07) is 6.10. The molecule has 8 nitrogen and oxygen atoms in total. The normalized spacial score (nSPS) is 11.8. The first kappa shape index (κ1) is 21.4. The van der Waals surface area contributed by atoms with Gasteiger partial charge in [0.1, 0.15) is 4.90 Å². The van der Waals surface area contributed by atoms with Crippen LogP contribution >= 0.6 is 22.6 Å². The number of benzene rings is 2.